The first-order chi connectivity index (χ1) is 10.1. The number of carbonyl (C=O) groups is 3. The van der Waals surface area contributed by atoms with Crippen LogP contribution < -0.4 is 10.6 Å². The molecular weight excluding hydrogens is 276 g/mol. The van der Waals surface area contributed by atoms with E-state index in [0.29, 0.717) is 0 Å². The standard InChI is InChI=1S/C14H18N2O5/c1-15-12(17)8-11(13(18)20-2)16-14(19)21-9-10-6-4-3-5-7-10/h3-7,11H,8-9H2,1-2H3,(H,15,17)(H,16,19)/t11-/m1/s1. The molecular formula is C14H18N2O5. The number of esters is 1. The van der Waals surface area contributed by atoms with Crippen LogP contribution in [0.3, 0.4) is 0 Å². The van der Waals surface area contributed by atoms with Crippen LogP contribution in [0.4, 0.5) is 4.79 Å². The second-order valence-corrected chi connectivity index (χ2v) is 4.16. The predicted molar refractivity (Wildman–Crippen MR) is 74.3 cm³/mol. The van der Waals surface area contributed by atoms with Crippen LogP contribution in [0.1, 0.15) is 12.0 Å². The van der Waals surface area contributed by atoms with Gasteiger partial charge in [0.25, 0.3) is 0 Å². The van der Waals surface area contributed by atoms with Crippen molar-refractivity contribution in [2.24, 2.45) is 0 Å². The molecule has 0 fully saturated rings. The maximum Gasteiger partial charge on any atom is 0.408 e. The van der Waals surface area contributed by atoms with Gasteiger partial charge in [-0.3, -0.25) is 4.79 Å². The molecule has 0 saturated heterocycles. The molecule has 0 aliphatic carbocycles. The smallest absolute Gasteiger partial charge is 0.408 e. The maximum atomic E-state index is 11.6. The highest BCUT2D eigenvalue weighted by atomic mass is 16.6. The Balaban J connectivity index is 2.51. The molecule has 0 aromatic heterocycles. The molecule has 0 bridgehead atoms. The lowest BCUT2D eigenvalue weighted by atomic mass is 10.2. The van der Waals surface area contributed by atoms with Crippen molar-refractivity contribution < 1.29 is 23.9 Å². The van der Waals surface area contributed by atoms with Gasteiger partial charge >= 0.3 is 12.1 Å². The van der Waals surface area contributed by atoms with E-state index in [1.165, 1.54) is 14.2 Å². The Morgan fingerprint density at radius 3 is 2.43 bits per heavy atom. The highest BCUT2D eigenvalue weighted by molar-refractivity contribution is 5.87. The fraction of sp³-hybridized carbons (Fsp3) is 0.357. The van der Waals surface area contributed by atoms with Gasteiger partial charge in [0.15, 0.2) is 0 Å². The van der Waals surface area contributed by atoms with Crippen molar-refractivity contribution in [1.82, 2.24) is 10.6 Å². The number of hydrogen-bond acceptors (Lipinski definition) is 5. The minimum Gasteiger partial charge on any atom is -0.467 e. The molecule has 0 radical (unpaired) electrons. The van der Waals surface area contributed by atoms with Crippen molar-refractivity contribution in [3.05, 3.63) is 35.9 Å². The van der Waals surface area contributed by atoms with Gasteiger partial charge in [-0.05, 0) is 5.56 Å². The monoisotopic (exact) mass is 294 g/mol. The summed E-state index contributed by atoms with van der Waals surface area (Å²) in [6, 6.07) is 8.00. The van der Waals surface area contributed by atoms with Crippen LogP contribution in [0, 0.1) is 0 Å². The SMILES string of the molecule is CNC(=O)C[C@@H](NC(=O)OCc1ccccc1)C(=O)OC. The van der Waals surface area contributed by atoms with Gasteiger partial charge in [0.2, 0.25) is 5.91 Å². The molecule has 1 aromatic rings. The van der Waals surface area contributed by atoms with E-state index in [1.54, 1.807) is 12.1 Å². The second-order valence-electron chi connectivity index (χ2n) is 4.16. The molecule has 7 nitrogen and oxygen atoms in total. The van der Waals surface area contributed by atoms with E-state index in [0.717, 1.165) is 5.56 Å². The highest BCUT2D eigenvalue weighted by Crippen LogP contribution is 2.02. The lowest BCUT2D eigenvalue weighted by Crippen LogP contribution is -2.44. The van der Waals surface area contributed by atoms with E-state index in [2.05, 4.69) is 15.4 Å². The van der Waals surface area contributed by atoms with Crippen molar-refractivity contribution in [3.8, 4) is 0 Å². The fourth-order valence-corrected chi connectivity index (χ4v) is 1.53. The first kappa shape index (κ1) is 16.5. The number of rotatable bonds is 6. The molecule has 114 valence electrons. The van der Waals surface area contributed by atoms with Crippen molar-refractivity contribution >= 4 is 18.0 Å². The van der Waals surface area contributed by atoms with Crippen LogP contribution in [0.15, 0.2) is 30.3 Å². The minimum absolute atomic E-state index is 0.0700. The summed E-state index contributed by atoms with van der Waals surface area (Å²) in [5, 5.41) is 4.67. The zero-order valence-corrected chi connectivity index (χ0v) is 11.9. The lowest BCUT2D eigenvalue weighted by Gasteiger charge is -2.15. The summed E-state index contributed by atoms with van der Waals surface area (Å²) in [7, 11) is 2.61. The molecule has 0 heterocycles. The molecule has 1 rings (SSSR count). The number of benzene rings is 1. The zero-order valence-electron chi connectivity index (χ0n) is 11.9. The van der Waals surface area contributed by atoms with Gasteiger partial charge in [0, 0.05) is 7.05 Å². The van der Waals surface area contributed by atoms with Gasteiger partial charge < -0.3 is 20.1 Å². The highest BCUT2D eigenvalue weighted by Gasteiger charge is 2.24. The summed E-state index contributed by atoms with van der Waals surface area (Å²) in [4.78, 5) is 34.4. The molecule has 0 saturated carbocycles. The van der Waals surface area contributed by atoms with Crippen molar-refractivity contribution in [1.29, 1.82) is 0 Å². The first-order valence-corrected chi connectivity index (χ1v) is 6.32. The van der Waals surface area contributed by atoms with Gasteiger partial charge in [-0.2, -0.15) is 0 Å². The molecule has 0 aliphatic rings. The summed E-state index contributed by atoms with van der Waals surface area (Å²) in [5.41, 5.74) is 0.813. The first-order valence-electron chi connectivity index (χ1n) is 6.32. The second kappa shape index (κ2) is 8.57. The normalized spacial score (nSPS) is 11.1. The Morgan fingerprint density at radius 1 is 1.19 bits per heavy atom. The lowest BCUT2D eigenvalue weighted by molar-refractivity contribution is -0.144. The summed E-state index contributed by atoms with van der Waals surface area (Å²) in [6.45, 7) is 0.0700. The molecule has 21 heavy (non-hydrogen) atoms. The van der Waals surface area contributed by atoms with Crippen molar-refractivity contribution in [3.63, 3.8) is 0 Å². The molecule has 2 amide bonds. The van der Waals surface area contributed by atoms with Crippen molar-refractivity contribution in [2.75, 3.05) is 14.2 Å². The predicted octanol–water partition coefficient (Wildman–Crippen LogP) is 0.590. The fourth-order valence-electron chi connectivity index (χ4n) is 1.53. The number of methoxy groups -OCH3 is 1. The van der Waals surface area contributed by atoms with E-state index >= 15 is 0 Å². The van der Waals surface area contributed by atoms with Crippen LogP contribution in [0.2, 0.25) is 0 Å². The van der Waals surface area contributed by atoms with E-state index in [1.807, 2.05) is 18.2 Å². The average molecular weight is 294 g/mol. The van der Waals surface area contributed by atoms with E-state index in [9.17, 15) is 14.4 Å². The molecule has 7 heteroatoms. The van der Waals surface area contributed by atoms with Gasteiger partial charge in [0.1, 0.15) is 12.6 Å². The summed E-state index contributed by atoms with van der Waals surface area (Å²) in [5.74, 6) is -1.11. The van der Waals surface area contributed by atoms with Crippen LogP contribution >= 0.6 is 0 Å². The summed E-state index contributed by atoms with van der Waals surface area (Å²) >= 11 is 0. The Bertz CT molecular complexity index is 489. The summed E-state index contributed by atoms with van der Waals surface area (Å²) < 4.78 is 9.51. The van der Waals surface area contributed by atoms with Crippen LogP contribution in [0.5, 0.6) is 0 Å². The third-order valence-corrected chi connectivity index (χ3v) is 2.66. The van der Waals surface area contributed by atoms with Crippen LogP contribution in [-0.2, 0) is 25.7 Å². The third-order valence-electron chi connectivity index (χ3n) is 2.66. The minimum atomic E-state index is -1.08. The number of nitrogens with one attached hydrogen (secondary N) is 2. The van der Waals surface area contributed by atoms with Gasteiger partial charge in [-0.25, -0.2) is 9.59 Å². The molecule has 1 aromatic carbocycles. The third kappa shape index (κ3) is 5.94. The quantitative estimate of drug-likeness (QED) is 0.749. The zero-order chi connectivity index (χ0) is 15.7. The Labute approximate surface area is 122 Å². The van der Waals surface area contributed by atoms with E-state index < -0.39 is 24.0 Å². The number of hydrogen-bond donors (Lipinski definition) is 2. The van der Waals surface area contributed by atoms with Crippen LogP contribution in [0.25, 0.3) is 0 Å². The largest absolute Gasteiger partial charge is 0.467 e. The molecule has 0 aliphatic heterocycles. The maximum absolute atomic E-state index is 11.6. The number of alkyl carbamates (subject to hydrolysis) is 1. The Hall–Kier alpha value is -2.57. The Kier molecular flexibility index (Phi) is 6.73. The van der Waals surface area contributed by atoms with Gasteiger partial charge in [-0.1, -0.05) is 30.3 Å². The molecule has 0 spiro atoms. The number of carbonyl (C=O) groups excluding carboxylic acids is 3. The topological polar surface area (TPSA) is 93.7 Å². The van der Waals surface area contributed by atoms with Gasteiger partial charge in [0.05, 0.1) is 13.5 Å². The average Bonchev–Trinajstić information content (AvgIpc) is 2.52. The van der Waals surface area contributed by atoms with E-state index in [4.69, 9.17) is 4.74 Å². The van der Waals surface area contributed by atoms with Crippen LogP contribution in [-0.4, -0.2) is 38.2 Å². The van der Waals surface area contributed by atoms with Crippen molar-refractivity contribution in [2.45, 2.75) is 19.1 Å². The summed E-state index contributed by atoms with van der Waals surface area (Å²) in [6.07, 6.45) is -1.01. The van der Waals surface area contributed by atoms with E-state index in [-0.39, 0.29) is 13.0 Å². The molecule has 1 atom stereocenters. The molecule has 0 unspecified atom stereocenters. The molecule has 2 N–H and O–H groups in total. The Morgan fingerprint density at radius 2 is 1.86 bits per heavy atom. The number of ether oxygens (including phenoxy) is 2. The van der Waals surface area contributed by atoms with Gasteiger partial charge in [-0.15, -0.1) is 0 Å². The number of amides is 2.